The van der Waals surface area contributed by atoms with Gasteiger partial charge < -0.3 is 10.2 Å². The molecule has 3 fully saturated rings. The summed E-state index contributed by atoms with van der Waals surface area (Å²) in [4.78, 5) is 17.5. The second-order valence-electron chi connectivity index (χ2n) is 8.20. The summed E-state index contributed by atoms with van der Waals surface area (Å²) in [6.45, 7) is 11.1. The molecule has 1 N–H and O–H groups in total. The van der Waals surface area contributed by atoms with Crippen molar-refractivity contribution in [2.75, 3.05) is 39.3 Å². The number of nitrogens with one attached hydrogen (secondary N) is 1. The molecule has 2 heterocycles. The Morgan fingerprint density at radius 1 is 1.13 bits per heavy atom. The third kappa shape index (κ3) is 4.61. The van der Waals surface area contributed by atoms with Crippen LogP contribution >= 0.6 is 12.4 Å². The van der Waals surface area contributed by atoms with Crippen LogP contribution in [-0.2, 0) is 4.79 Å². The minimum atomic E-state index is 0. The maximum atomic E-state index is 12.7. The van der Waals surface area contributed by atoms with Gasteiger partial charge in [0, 0.05) is 51.7 Å². The molecule has 134 valence electrons. The van der Waals surface area contributed by atoms with Crippen LogP contribution in [0.5, 0.6) is 0 Å². The number of carbonyl (C=O) groups is 1. The van der Waals surface area contributed by atoms with E-state index < -0.39 is 0 Å². The van der Waals surface area contributed by atoms with E-state index in [0.717, 1.165) is 45.7 Å². The van der Waals surface area contributed by atoms with Gasteiger partial charge in [0.25, 0.3) is 0 Å². The van der Waals surface area contributed by atoms with Crippen molar-refractivity contribution in [3.63, 3.8) is 0 Å². The molecule has 1 aliphatic carbocycles. The summed E-state index contributed by atoms with van der Waals surface area (Å²) in [6.07, 6.45) is 7.13. The zero-order valence-corrected chi connectivity index (χ0v) is 15.7. The number of piperazine rings is 1. The van der Waals surface area contributed by atoms with Gasteiger partial charge in [-0.1, -0.05) is 26.7 Å². The first-order chi connectivity index (χ1) is 10.6. The van der Waals surface area contributed by atoms with Crippen molar-refractivity contribution in [1.82, 2.24) is 15.1 Å². The molecule has 5 heteroatoms. The van der Waals surface area contributed by atoms with Crippen molar-refractivity contribution in [3.8, 4) is 0 Å². The standard InChI is InChI=1S/C18H33N3O.ClH/c1-18(2)7-4-3-5-15(18)13-17(22)21-10-6-16(14-21)20-11-8-19-9-12-20;/h15-16,19H,3-14H2,1-2H3;1H. The minimum Gasteiger partial charge on any atom is -0.341 e. The maximum Gasteiger partial charge on any atom is 0.222 e. The first kappa shape index (κ1) is 19.0. The Bertz CT molecular complexity index is 396. The molecule has 1 saturated carbocycles. The highest BCUT2D eigenvalue weighted by Gasteiger charge is 2.36. The number of amides is 1. The largest absolute Gasteiger partial charge is 0.341 e. The van der Waals surface area contributed by atoms with E-state index in [1.165, 1.54) is 32.1 Å². The number of hydrogen-bond acceptors (Lipinski definition) is 3. The van der Waals surface area contributed by atoms with E-state index in [1.54, 1.807) is 0 Å². The topological polar surface area (TPSA) is 35.6 Å². The molecule has 0 aromatic heterocycles. The van der Waals surface area contributed by atoms with Crippen LogP contribution in [0.25, 0.3) is 0 Å². The van der Waals surface area contributed by atoms with Gasteiger partial charge in [0.2, 0.25) is 5.91 Å². The molecular formula is C18H34ClN3O. The quantitative estimate of drug-likeness (QED) is 0.855. The summed E-state index contributed by atoms with van der Waals surface area (Å²) < 4.78 is 0. The van der Waals surface area contributed by atoms with E-state index in [0.29, 0.717) is 23.3 Å². The Labute approximate surface area is 147 Å². The molecule has 2 unspecified atom stereocenters. The van der Waals surface area contributed by atoms with Crippen LogP contribution in [0, 0.1) is 11.3 Å². The lowest BCUT2D eigenvalue weighted by Crippen LogP contribution is -2.49. The van der Waals surface area contributed by atoms with E-state index in [1.807, 2.05) is 0 Å². The summed E-state index contributed by atoms with van der Waals surface area (Å²) in [5.74, 6) is 1.00. The van der Waals surface area contributed by atoms with Crippen molar-refractivity contribution in [3.05, 3.63) is 0 Å². The Hall–Kier alpha value is -0.320. The van der Waals surface area contributed by atoms with Gasteiger partial charge in [-0.15, -0.1) is 12.4 Å². The second-order valence-corrected chi connectivity index (χ2v) is 8.20. The third-order valence-electron chi connectivity index (χ3n) is 6.33. The lowest BCUT2D eigenvalue weighted by atomic mass is 9.67. The van der Waals surface area contributed by atoms with Gasteiger partial charge in [0.05, 0.1) is 0 Å². The third-order valence-corrected chi connectivity index (χ3v) is 6.33. The van der Waals surface area contributed by atoms with E-state index in [4.69, 9.17) is 0 Å². The molecule has 3 rings (SSSR count). The predicted molar refractivity (Wildman–Crippen MR) is 97.0 cm³/mol. The molecule has 2 saturated heterocycles. The van der Waals surface area contributed by atoms with Crippen LogP contribution in [0.3, 0.4) is 0 Å². The van der Waals surface area contributed by atoms with Crippen LogP contribution in [0.15, 0.2) is 0 Å². The first-order valence-electron chi connectivity index (χ1n) is 9.29. The summed E-state index contributed by atoms with van der Waals surface area (Å²) in [5.41, 5.74) is 0.353. The van der Waals surface area contributed by atoms with Crippen LogP contribution in [0.1, 0.15) is 52.4 Å². The highest BCUT2D eigenvalue weighted by atomic mass is 35.5. The molecule has 23 heavy (non-hydrogen) atoms. The molecule has 0 aromatic carbocycles. The molecule has 0 spiro atoms. The lowest BCUT2D eigenvalue weighted by Gasteiger charge is -2.39. The normalized spacial score (nSPS) is 31.7. The Morgan fingerprint density at radius 2 is 1.87 bits per heavy atom. The number of halogens is 1. The van der Waals surface area contributed by atoms with E-state index in [2.05, 4.69) is 29.0 Å². The number of rotatable bonds is 3. The zero-order chi connectivity index (χ0) is 15.6. The molecule has 0 aromatic rings. The first-order valence-corrected chi connectivity index (χ1v) is 9.29. The average molecular weight is 344 g/mol. The Morgan fingerprint density at radius 3 is 2.57 bits per heavy atom. The molecule has 0 radical (unpaired) electrons. The molecule has 2 atom stereocenters. The monoisotopic (exact) mass is 343 g/mol. The van der Waals surface area contributed by atoms with Gasteiger partial charge in [-0.2, -0.15) is 0 Å². The number of hydrogen-bond donors (Lipinski definition) is 1. The van der Waals surface area contributed by atoms with Gasteiger partial charge in [-0.3, -0.25) is 9.69 Å². The van der Waals surface area contributed by atoms with Crippen molar-refractivity contribution in [2.45, 2.75) is 58.4 Å². The van der Waals surface area contributed by atoms with Crippen LogP contribution in [-0.4, -0.2) is 61.0 Å². The fourth-order valence-corrected chi connectivity index (χ4v) is 4.60. The fourth-order valence-electron chi connectivity index (χ4n) is 4.60. The van der Waals surface area contributed by atoms with Gasteiger partial charge in [-0.05, 0) is 30.6 Å². The van der Waals surface area contributed by atoms with Crippen LogP contribution < -0.4 is 5.32 Å². The van der Waals surface area contributed by atoms with Gasteiger partial charge in [-0.25, -0.2) is 0 Å². The second kappa shape index (κ2) is 8.17. The number of likely N-dealkylation sites (tertiary alicyclic amines) is 1. The van der Waals surface area contributed by atoms with Crippen LogP contribution in [0.2, 0.25) is 0 Å². The van der Waals surface area contributed by atoms with Crippen molar-refractivity contribution in [2.24, 2.45) is 11.3 Å². The van der Waals surface area contributed by atoms with E-state index in [9.17, 15) is 4.79 Å². The highest BCUT2D eigenvalue weighted by Crippen LogP contribution is 2.42. The van der Waals surface area contributed by atoms with Crippen molar-refractivity contribution >= 4 is 18.3 Å². The van der Waals surface area contributed by atoms with E-state index >= 15 is 0 Å². The predicted octanol–water partition coefficient (Wildman–Crippen LogP) is 2.52. The molecule has 1 amide bonds. The highest BCUT2D eigenvalue weighted by molar-refractivity contribution is 5.85. The van der Waals surface area contributed by atoms with Gasteiger partial charge in [0.15, 0.2) is 0 Å². The van der Waals surface area contributed by atoms with Gasteiger partial charge >= 0.3 is 0 Å². The SMILES string of the molecule is CC1(C)CCCCC1CC(=O)N1CCC(N2CCNCC2)C1.Cl. The van der Waals surface area contributed by atoms with Gasteiger partial charge in [0.1, 0.15) is 0 Å². The molecule has 4 nitrogen and oxygen atoms in total. The van der Waals surface area contributed by atoms with E-state index in [-0.39, 0.29) is 12.4 Å². The summed E-state index contributed by atoms with van der Waals surface area (Å²) >= 11 is 0. The van der Waals surface area contributed by atoms with Crippen LogP contribution in [0.4, 0.5) is 0 Å². The molecule has 0 bridgehead atoms. The molecule has 2 aliphatic heterocycles. The lowest BCUT2D eigenvalue weighted by molar-refractivity contribution is -0.132. The summed E-state index contributed by atoms with van der Waals surface area (Å²) in [7, 11) is 0. The number of nitrogens with zero attached hydrogens (tertiary/aromatic N) is 2. The smallest absolute Gasteiger partial charge is 0.222 e. The zero-order valence-electron chi connectivity index (χ0n) is 14.9. The maximum absolute atomic E-state index is 12.7. The Balaban J connectivity index is 0.00000192. The fraction of sp³-hybridized carbons (Fsp3) is 0.944. The molecule has 3 aliphatic rings. The Kier molecular flexibility index (Phi) is 6.76. The summed E-state index contributed by atoms with van der Waals surface area (Å²) in [6, 6.07) is 0.602. The molecular weight excluding hydrogens is 310 g/mol. The average Bonchev–Trinajstić information content (AvgIpc) is 3.00. The van der Waals surface area contributed by atoms with Crippen molar-refractivity contribution in [1.29, 1.82) is 0 Å². The summed E-state index contributed by atoms with van der Waals surface area (Å²) in [5, 5.41) is 3.41. The van der Waals surface area contributed by atoms with Crippen molar-refractivity contribution < 1.29 is 4.79 Å². The minimum absolute atomic E-state index is 0. The number of carbonyl (C=O) groups excluding carboxylic acids is 1.